The molecule has 0 aromatic heterocycles. The first-order valence-corrected chi connectivity index (χ1v) is 10.2. The minimum absolute atomic E-state index is 0.355. The molecule has 23 heavy (non-hydrogen) atoms. The summed E-state index contributed by atoms with van der Waals surface area (Å²) in [5.41, 5.74) is 0. The number of carbonyl (C=O) groups is 1. The van der Waals surface area contributed by atoms with Gasteiger partial charge in [-0.15, -0.1) is 0 Å². The van der Waals surface area contributed by atoms with Crippen LogP contribution in [0, 0.1) is 5.92 Å². The van der Waals surface area contributed by atoms with E-state index in [0.29, 0.717) is 12.5 Å². The Morgan fingerprint density at radius 3 is 2.13 bits per heavy atom. The largest absolute Gasteiger partial charge is 0.342 e. The Bertz CT molecular complexity index is 273. The van der Waals surface area contributed by atoms with Crippen molar-refractivity contribution >= 4 is 5.91 Å². The molecule has 0 unspecified atom stereocenters. The van der Waals surface area contributed by atoms with Crippen LogP contribution >= 0.6 is 0 Å². The lowest BCUT2D eigenvalue weighted by Crippen LogP contribution is -2.44. The molecule has 1 aliphatic rings. The molecule has 0 aromatic rings. The molecule has 1 fully saturated rings. The van der Waals surface area contributed by atoms with Gasteiger partial charge in [-0.2, -0.15) is 0 Å². The number of hydrogen-bond acceptors (Lipinski definition) is 2. The van der Waals surface area contributed by atoms with Gasteiger partial charge in [0.2, 0.25) is 5.91 Å². The van der Waals surface area contributed by atoms with Crippen molar-refractivity contribution < 1.29 is 4.79 Å². The Kier molecular flexibility index (Phi) is 14.6. The van der Waals surface area contributed by atoms with Crippen molar-refractivity contribution in [2.24, 2.45) is 5.92 Å². The minimum Gasteiger partial charge on any atom is -0.342 e. The van der Waals surface area contributed by atoms with Gasteiger partial charge in [0.05, 0.1) is 6.54 Å². The van der Waals surface area contributed by atoms with Crippen molar-refractivity contribution in [1.29, 1.82) is 0 Å². The Hall–Kier alpha value is -0.570. The highest BCUT2D eigenvalue weighted by atomic mass is 16.2. The van der Waals surface area contributed by atoms with Crippen LogP contribution in [0.15, 0.2) is 0 Å². The summed E-state index contributed by atoms with van der Waals surface area (Å²) in [6, 6.07) is 0. The average molecular weight is 327 g/mol. The number of unbranched alkanes of at least 4 members (excludes halogenated alkanes) is 3. The van der Waals surface area contributed by atoms with Crippen molar-refractivity contribution in [3.8, 4) is 0 Å². The molecule has 3 heteroatoms. The molecular formula is C20H42N2O. The number of piperidine rings is 1. The number of carbonyl (C=O) groups excluding carboxylic acids is 1. The molecule has 1 aliphatic heterocycles. The topological polar surface area (TPSA) is 23.6 Å². The fourth-order valence-electron chi connectivity index (χ4n) is 3.23. The van der Waals surface area contributed by atoms with Gasteiger partial charge in [0.1, 0.15) is 0 Å². The standard InChI is InChI=1S/C18H36N2O.C2H6/c1-4-7-8-9-13-19(12-5-2)16-18(21)20-14-10-17(6-3)11-15-20;1-2/h17H,4-16H2,1-3H3;1-2H3. The third-order valence-corrected chi connectivity index (χ3v) is 4.77. The fourth-order valence-corrected chi connectivity index (χ4v) is 3.23. The first-order chi connectivity index (χ1) is 11.2. The van der Waals surface area contributed by atoms with E-state index in [1.807, 2.05) is 13.8 Å². The molecule has 0 aliphatic carbocycles. The molecule has 0 bridgehead atoms. The fraction of sp³-hybridized carbons (Fsp3) is 0.950. The predicted octanol–water partition coefficient (Wildman–Crippen LogP) is 4.95. The van der Waals surface area contributed by atoms with Crippen LogP contribution < -0.4 is 0 Å². The zero-order valence-corrected chi connectivity index (χ0v) is 16.6. The van der Waals surface area contributed by atoms with Gasteiger partial charge in [-0.25, -0.2) is 0 Å². The molecule has 0 N–H and O–H groups in total. The van der Waals surface area contributed by atoms with Crippen molar-refractivity contribution in [2.45, 2.75) is 86.0 Å². The van der Waals surface area contributed by atoms with Crippen molar-refractivity contribution in [3.05, 3.63) is 0 Å². The van der Waals surface area contributed by atoms with Crippen LogP contribution in [0.5, 0.6) is 0 Å². The van der Waals surface area contributed by atoms with Gasteiger partial charge in [0.25, 0.3) is 0 Å². The SMILES string of the molecule is CC.CCCCCCN(CCC)CC(=O)N1CCC(CC)CC1. The van der Waals surface area contributed by atoms with E-state index >= 15 is 0 Å². The highest BCUT2D eigenvalue weighted by molar-refractivity contribution is 5.78. The molecule has 3 nitrogen and oxygen atoms in total. The Labute approximate surface area is 145 Å². The second-order valence-electron chi connectivity index (χ2n) is 6.57. The van der Waals surface area contributed by atoms with Crippen molar-refractivity contribution in [3.63, 3.8) is 0 Å². The molecule has 138 valence electrons. The van der Waals surface area contributed by atoms with E-state index in [1.54, 1.807) is 0 Å². The number of amides is 1. The molecule has 0 saturated carbocycles. The molecule has 1 amide bonds. The zero-order valence-electron chi connectivity index (χ0n) is 16.6. The van der Waals surface area contributed by atoms with Crippen LogP contribution in [0.4, 0.5) is 0 Å². The quantitative estimate of drug-likeness (QED) is 0.530. The summed E-state index contributed by atoms with van der Waals surface area (Å²) in [5.74, 6) is 1.20. The summed E-state index contributed by atoms with van der Waals surface area (Å²) in [6.07, 6.45) is 9.93. The summed E-state index contributed by atoms with van der Waals surface area (Å²) < 4.78 is 0. The van der Waals surface area contributed by atoms with Gasteiger partial charge in [0, 0.05) is 13.1 Å². The highest BCUT2D eigenvalue weighted by Gasteiger charge is 2.22. The lowest BCUT2D eigenvalue weighted by molar-refractivity contribution is -0.133. The number of nitrogens with zero attached hydrogens (tertiary/aromatic N) is 2. The van der Waals surface area contributed by atoms with Crippen molar-refractivity contribution in [1.82, 2.24) is 9.80 Å². The van der Waals surface area contributed by atoms with Crippen LogP contribution in [0.25, 0.3) is 0 Å². The molecule has 0 radical (unpaired) electrons. The summed E-state index contributed by atoms with van der Waals surface area (Å²) in [6.45, 7) is 15.5. The Balaban J connectivity index is 0.00000232. The Morgan fingerprint density at radius 2 is 1.61 bits per heavy atom. The van der Waals surface area contributed by atoms with E-state index in [2.05, 4.69) is 30.6 Å². The number of hydrogen-bond donors (Lipinski definition) is 0. The smallest absolute Gasteiger partial charge is 0.236 e. The van der Waals surface area contributed by atoms with Gasteiger partial charge in [-0.1, -0.05) is 60.3 Å². The van der Waals surface area contributed by atoms with Crippen LogP contribution in [-0.2, 0) is 4.79 Å². The van der Waals surface area contributed by atoms with E-state index in [4.69, 9.17) is 0 Å². The van der Waals surface area contributed by atoms with Crippen LogP contribution in [0.2, 0.25) is 0 Å². The lowest BCUT2D eigenvalue weighted by Gasteiger charge is -2.33. The maximum Gasteiger partial charge on any atom is 0.236 e. The van der Waals surface area contributed by atoms with E-state index in [9.17, 15) is 4.79 Å². The first-order valence-electron chi connectivity index (χ1n) is 10.2. The molecule has 0 spiro atoms. The predicted molar refractivity (Wildman–Crippen MR) is 102 cm³/mol. The molecule has 1 rings (SSSR count). The number of likely N-dealkylation sites (tertiary alicyclic amines) is 1. The molecule has 0 atom stereocenters. The summed E-state index contributed by atoms with van der Waals surface area (Å²) in [7, 11) is 0. The average Bonchev–Trinajstić information content (AvgIpc) is 2.60. The highest BCUT2D eigenvalue weighted by Crippen LogP contribution is 2.20. The number of rotatable bonds is 10. The Morgan fingerprint density at radius 1 is 0.957 bits per heavy atom. The first kappa shape index (κ1) is 22.4. The van der Waals surface area contributed by atoms with E-state index in [1.165, 1.54) is 44.9 Å². The van der Waals surface area contributed by atoms with E-state index < -0.39 is 0 Å². The second-order valence-corrected chi connectivity index (χ2v) is 6.57. The maximum atomic E-state index is 12.5. The zero-order chi connectivity index (χ0) is 17.5. The van der Waals surface area contributed by atoms with E-state index in [0.717, 1.165) is 38.5 Å². The van der Waals surface area contributed by atoms with Gasteiger partial charge in [-0.3, -0.25) is 9.69 Å². The van der Waals surface area contributed by atoms with Gasteiger partial charge in [-0.05, 0) is 44.7 Å². The summed E-state index contributed by atoms with van der Waals surface area (Å²) >= 11 is 0. The van der Waals surface area contributed by atoms with Crippen LogP contribution in [0.3, 0.4) is 0 Å². The third kappa shape index (κ3) is 10.0. The normalized spacial score (nSPS) is 15.5. The third-order valence-electron chi connectivity index (χ3n) is 4.77. The van der Waals surface area contributed by atoms with Crippen LogP contribution in [0.1, 0.15) is 86.0 Å². The van der Waals surface area contributed by atoms with Gasteiger partial charge in [0.15, 0.2) is 0 Å². The van der Waals surface area contributed by atoms with Crippen LogP contribution in [-0.4, -0.2) is 48.4 Å². The molecular weight excluding hydrogens is 284 g/mol. The molecule has 1 heterocycles. The van der Waals surface area contributed by atoms with Crippen molar-refractivity contribution in [2.75, 3.05) is 32.7 Å². The molecule has 0 aromatic carbocycles. The summed E-state index contributed by atoms with van der Waals surface area (Å²) in [4.78, 5) is 16.9. The second kappa shape index (κ2) is 15.0. The van der Waals surface area contributed by atoms with Gasteiger partial charge >= 0.3 is 0 Å². The molecule has 1 saturated heterocycles. The maximum absolute atomic E-state index is 12.5. The van der Waals surface area contributed by atoms with Gasteiger partial charge < -0.3 is 4.90 Å². The lowest BCUT2D eigenvalue weighted by atomic mass is 9.94. The summed E-state index contributed by atoms with van der Waals surface area (Å²) in [5, 5.41) is 0. The minimum atomic E-state index is 0.355. The monoisotopic (exact) mass is 326 g/mol. The van der Waals surface area contributed by atoms with E-state index in [-0.39, 0.29) is 0 Å².